The molecule has 136 valence electrons. The van der Waals surface area contributed by atoms with E-state index >= 15 is 0 Å². The molecule has 2 atom stereocenters. The van der Waals surface area contributed by atoms with E-state index in [1.165, 1.54) is 0 Å². The Morgan fingerprint density at radius 1 is 1.04 bits per heavy atom. The van der Waals surface area contributed by atoms with Crippen LogP contribution in [0.25, 0.3) is 0 Å². The molecule has 0 aromatic heterocycles. The van der Waals surface area contributed by atoms with Gasteiger partial charge in [-0.2, -0.15) is 0 Å². The standard InChI is InChI=1S/C16H31O6P/c1-4-20-16(18)14(17)15(13-11-9-7-8-10-12-13)23(19,21-5-2)22-6-3/h13-15,17H,4-12H2,1-3H3. The number of aliphatic hydroxyl groups excluding tert-OH is 1. The number of rotatable bonds is 9. The van der Waals surface area contributed by atoms with Crippen molar-refractivity contribution in [2.45, 2.75) is 71.1 Å². The third-order valence-electron chi connectivity index (χ3n) is 4.22. The Morgan fingerprint density at radius 2 is 1.57 bits per heavy atom. The highest BCUT2D eigenvalue weighted by Gasteiger charge is 2.48. The lowest BCUT2D eigenvalue weighted by Crippen LogP contribution is -2.41. The molecule has 0 bridgehead atoms. The summed E-state index contributed by atoms with van der Waals surface area (Å²) in [5.41, 5.74) is -0.862. The molecule has 23 heavy (non-hydrogen) atoms. The summed E-state index contributed by atoms with van der Waals surface area (Å²) < 4.78 is 29.1. The molecule has 2 unspecified atom stereocenters. The molecule has 6 nitrogen and oxygen atoms in total. The van der Waals surface area contributed by atoms with Crippen LogP contribution in [-0.2, 0) is 23.1 Å². The average Bonchev–Trinajstić information content (AvgIpc) is 2.77. The van der Waals surface area contributed by atoms with Crippen LogP contribution >= 0.6 is 7.60 Å². The van der Waals surface area contributed by atoms with Crippen molar-refractivity contribution in [1.82, 2.24) is 0 Å². The van der Waals surface area contributed by atoms with Crippen LogP contribution in [0.1, 0.15) is 59.3 Å². The maximum absolute atomic E-state index is 13.3. The fourth-order valence-corrected chi connectivity index (χ4v) is 5.70. The summed E-state index contributed by atoms with van der Waals surface area (Å²) in [6, 6.07) is 0. The number of hydrogen-bond donors (Lipinski definition) is 1. The lowest BCUT2D eigenvalue weighted by Gasteiger charge is -2.34. The molecule has 1 aliphatic rings. The van der Waals surface area contributed by atoms with Gasteiger partial charge in [-0.05, 0) is 39.5 Å². The summed E-state index contributed by atoms with van der Waals surface area (Å²) in [5.74, 6) is -0.817. The molecule has 0 spiro atoms. The molecule has 1 rings (SSSR count). The zero-order valence-electron chi connectivity index (χ0n) is 14.5. The van der Waals surface area contributed by atoms with Crippen LogP contribution in [0.3, 0.4) is 0 Å². The fraction of sp³-hybridized carbons (Fsp3) is 0.938. The van der Waals surface area contributed by atoms with Gasteiger partial charge in [0.1, 0.15) is 5.66 Å². The van der Waals surface area contributed by atoms with Crippen LogP contribution in [0.4, 0.5) is 0 Å². The quantitative estimate of drug-likeness (QED) is 0.389. The van der Waals surface area contributed by atoms with Crippen LogP contribution in [-0.4, -0.2) is 42.7 Å². The summed E-state index contributed by atoms with van der Waals surface area (Å²) >= 11 is 0. The molecule has 1 N–H and O–H groups in total. The van der Waals surface area contributed by atoms with Gasteiger partial charge >= 0.3 is 13.6 Å². The lowest BCUT2D eigenvalue weighted by atomic mass is 9.93. The Hall–Kier alpha value is -0.420. The minimum absolute atomic E-state index is 0.0687. The molecule has 1 aliphatic carbocycles. The number of ether oxygens (including phenoxy) is 1. The van der Waals surface area contributed by atoms with E-state index in [1.807, 2.05) is 0 Å². The van der Waals surface area contributed by atoms with E-state index in [0.29, 0.717) is 0 Å². The van der Waals surface area contributed by atoms with Gasteiger partial charge in [0.2, 0.25) is 0 Å². The molecular formula is C16H31O6P. The second-order valence-corrected chi connectivity index (χ2v) is 8.01. The van der Waals surface area contributed by atoms with Crippen LogP contribution in [0.5, 0.6) is 0 Å². The number of hydrogen-bond acceptors (Lipinski definition) is 6. The predicted molar refractivity (Wildman–Crippen MR) is 88.5 cm³/mol. The average molecular weight is 350 g/mol. The van der Waals surface area contributed by atoms with E-state index in [1.54, 1.807) is 20.8 Å². The topological polar surface area (TPSA) is 82.1 Å². The van der Waals surface area contributed by atoms with Gasteiger partial charge in [0.25, 0.3) is 0 Å². The van der Waals surface area contributed by atoms with Crippen molar-refractivity contribution in [3.63, 3.8) is 0 Å². The Bertz CT molecular complexity index is 382. The second kappa shape index (κ2) is 10.4. The van der Waals surface area contributed by atoms with Gasteiger partial charge in [-0.25, -0.2) is 4.79 Å². The summed E-state index contributed by atoms with van der Waals surface area (Å²) in [6.45, 7) is 5.71. The Kier molecular flexibility index (Phi) is 9.37. The SMILES string of the molecule is CCOC(=O)C(O)C(C1CCCCCC1)P(=O)(OCC)OCC. The summed E-state index contributed by atoms with van der Waals surface area (Å²) in [5, 5.41) is 10.5. The van der Waals surface area contributed by atoms with E-state index in [9.17, 15) is 14.5 Å². The summed E-state index contributed by atoms with van der Waals surface area (Å²) in [6.07, 6.45) is 4.36. The Morgan fingerprint density at radius 3 is 2.00 bits per heavy atom. The first-order chi connectivity index (χ1) is 11.0. The van der Waals surface area contributed by atoms with Gasteiger partial charge in [-0.1, -0.05) is 25.7 Å². The molecular weight excluding hydrogens is 319 g/mol. The molecule has 0 radical (unpaired) electrons. The molecule has 0 aliphatic heterocycles. The molecule has 0 amide bonds. The van der Waals surface area contributed by atoms with Crippen molar-refractivity contribution < 1.29 is 28.3 Å². The van der Waals surface area contributed by atoms with Gasteiger partial charge < -0.3 is 18.9 Å². The van der Waals surface area contributed by atoms with Gasteiger partial charge in [0.15, 0.2) is 6.10 Å². The highest BCUT2D eigenvalue weighted by atomic mass is 31.2. The summed E-state index contributed by atoms with van der Waals surface area (Å²) in [7, 11) is -3.60. The third kappa shape index (κ3) is 5.86. The number of carbonyl (C=O) groups is 1. The predicted octanol–water partition coefficient (Wildman–Crippen LogP) is 3.52. The van der Waals surface area contributed by atoms with E-state index in [2.05, 4.69) is 0 Å². The van der Waals surface area contributed by atoms with E-state index in [0.717, 1.165) is 38.5 Å². The monoisotopic (exact) mass is 350 g/mol. The minimum Gasteiger partial charge on any atom is -0.464 e. The molecule has 0 heterocycles. The molecule has 7 heteroatoms. The Balaban J connectivity index is 3.11. The molecule has 0 aromatic rings. The van der Waals surface area contributed by atoms with Gasteiger partial charge in [0.05, 0.1) is 19.8 Å². The molecule has 1 saturated carbocycles. The lowest BCUT2D eigenvalue weighted by molar-refractivity contribution is -0.154. The van der Waals surface area contributed by atoms with Crippen LogP contribution in [0.15, 0.2) is 0 Å². The van der Waals surface area contributed by atoms with Gasteiger partial charge in [0, 0.05) is 0 Å². The van der Waals surface area contributed by atoms with Crippen molar-refractivity contribution in [2.75, 3.05) is 19.8 Å². The van der Waals surface area contributed by atoms with E-state index in [4.69, 9.17) is 13.8 Å². The zero-order valence-corrected chi connectivity index (χ0v) is 15.4. The fourth-order valence-electron chi connectivity index (χ4n) is 3.28. The first-order valence-electron chi connectivity index (χ1n) is 8.73. The van der Waals surface area contributed by atoms with Gasteiger partial charge in [-0.15, -0.1) is 0 Å². The van der Waals surface area contributed by atoms with Gasteiger partial charge in [-0.3, -0.25) is 4.57 Å². The smallest absolute Gasteiger partial charge is 0.337 e. The zero-order chi connectivity index (χ0) is 17.3. The Labute approximate surface area is 139 Å². The van der Waals surface area contributed by atoms with E-state index < -0.39 is 25.3 Å². The third-order valence-corrected chi connectivity index (χ3v) is 6.89. The second-order valence-electron chi connectivity index (χ2n) is 5.81. The largest absolute Gasteiger partial charge is 0.464 e. The normalized spacial score (nSPS) is 19.8. The van der Waals surface area contributed by atoms with Crippen LogP contribution < -0.4 is 0 Å². The van der Waals surface area contributed by atoms with Crippen LogP contribution in [0, 0.1) is 5.92 Å². The van der Waals surface area contributed by atoms with Crippen molar-refractivity contribution in [2.24, 2.45) is 5.92 Å². The first-order valence-corrected chi connectivity index (χ1v) is 10.3. The molecule has 0 aromatic carbocycles. The number of carbonyl (C=O) groups excluding carboxylic acids is 1. The van der Waals surface area contributed by atoms with Crippen molar-refractivity contribution in [3.8, 4) is 0 Å². The van der Waals surface area contributed by atoms with Crippen molar-refractivity contribution >= 4 is 13.6 Å². The van der Waals surface area contributed by atoms with E-state index in [-0.39, 0.29) is 25.7 Å². The highest BCUT2D eigenvalue weighted by molar-refractivity contribution is 7.54. The highest BCUT2D eigenvalue weighted by Crippen LogP contribution is 2.58. The maximum Gasteiger partial charge on any atom is 0.337 e. The number of aliphatic hydroxyl groups is 1. The molecule has 1 fully saturated rings. The maximum atomic E-state index is 13.3. The molecule has 0 saturated heterocycles. The minimum atomic E-state index is -3.60. The van der Waals surface area contributed by atoms with Crippen molar-refractivity contribution in [3.05, 3.63) is 0 Å². The summed E-state index contributed by atoms with van der Waals surface area (Å²) in [4.78, 5) is 12.1. The number of esters is 1. The van der Waals surface area contributed by atoms with Crippen LogP contribution in [0.2, 0.25) is 0 Å². The first kappa shape index (κ1) is 20.6. The van der Waals surface area contributed by atoms with Crippen molar-refractivity contribution in [1.29, 1.82) is 0 Å².